The molecule has 18 heavy (non-hydrogen) atoms. The van der Waals surface area contributed by atoms with Gasteiger partial charge in [0.2, 0.25) is 0 Å². The molecular weight excluding hydrogens is 224 g/mol. The van der Waals surface area contributed by atoms with E-state index in [1.165, 1.54) is 0 Å². The van der Waals surface area contributed by atoms with Gasteiger partial charge in [-0.25, -0.2) is 4.98 Å². The van der Waals surface area contributed by atoms with Crippen LogP contribution in [0.3, 0.4) is 0 Å². The highest BCUT2D eigenvalue weighted by Crippen LogP contribution is 2.06. The van der Waals surface area contributed by atoms with Gasteiger partial charge >= 0.3 is 0 Å². The summed E-state index contributed by atoms with van der Waals surface area (Å²) in [6.07, 6.45) is 5.02. The Labute approximate surface area is 111 Å². The minimum absolute atomic E-state index is 0.570. The average Bonchev–Trinajstić information content (AvgIpc) is 2.70. The third-order valence-electron chi connectivity index (χ3n) is 3.34. The lowest BCUT2D eigenvalue weighted by atomic mass is 10.1. The Morgan fingerprint density at radius 3 is 2.61 bits per heavy atom. The zero-order valence-corrected chi connectivity index (χ0v) is 12.5. The van der Waals surface area contributed by atoms with Crippen LogP contribution in [0.1, 0.15) is 33.0 Å². The topological polar surface area (TPSA) is 33.1 Å². The molecule has 1 aromatic rings. The van der Waals surface area contributed by atoms with Crippen molar-refractivity contribution in [3.63, 3.8) is 0 Å². The number of nitrogens with one attached hydrogen (secondary N) is 1. The van der Waals surface area contributed by atoms with Crippen LogP contribution >= 0.6 is 0 Å². The molecule has 0 aliphatic carbocycles. The van der Waals surface area contributed by atoms with Crippen LogP contribution in [0.15, 0.2) is 12.4 Å². The van der Waals surface area contributed by atoms with Crippen molar-refractivity contribution in [3.8, 4) is 0 Å². The molecule has 104 valence electrons. The zero-order chi connectivity index (χ0) is 13.5. The first kappa shape index (κ1) is 15.2. The van der Waals surface area contributed by atoms with E-state index in [1.807, 2.05) is 19.4 Å². The third-order valence-corrected chi connectivity index (χ3v) is 3.34. The molecule has 1 heterocycles. The van der Waals surface area contributed by atoms with E-state index in [-0.39, 0.29) is 0 Å². The summed E-state index contributed by atoms with van der Waals surface area (Å²) in [5.41, 5.74) is 0. The largest absolute Gasteiger partial charge is 0.337 e. The quantitative estimate of drug-likeness (QED) is 0.767. The van der Waals surface area contributed by atoms with Gasteiger partial charge in [-0.15, -0.1) is 0 Å². The zero-order valence-electron chi connectivity index (χ0n) is 12.5. The van der Waals surface area contributed by atoms with E-state index in [1.54, 1.807) is 0 Å². The standard InChI is InChI=1S/C14H28N4/c1-6-13(10-15-9-12(2)3)18(5)11-14-16-7-8-17(14)4/h7-8,12-13,15H,6,9-11H2,1-5H3. The fourth-order valence-electron chi connectivity index (χ4n) is 2.05. The van der Waals surface area contributed by atoms with Gasteiger partial charge in [0.05, 0.1) is 6.54 Å². The lowest BCUT2D eigenvalue weighted by Crippen LogP contribution is -2.40. The predicted molar refractivity (Wildman–Crippen MR) is 76.5 cm³/mol. The second kappa shape index (κ2) is 7.54. The highest BCUT2D eigenvalue weighted by molar-refractivity contribution is 4.91. The van der Waals surface area contributed by atoms with Gasteiger partial charge in [0, 0.05) is 32.0 Å². The monoisotopic (exact) mass is 252 g/mol. The van der Waals surface area contributed by atoms with Crippen molar-refractivity contribution in [2.75, 3.05) is 20.1 Å². The van der Waals surface area contributed by atoms with Crippen LogP contribution in [0.2, 0.25) is 0 Å². The van der Waals surface area contributed by atoms with Crippen LogP contribution in [0, 0.1) is 5.92 Å². The molecule has 0 aliphatic heterocycles. The molecule has 0 saturated heterocycles. The van der Waals surface area contributed by atoms with Crippen LogP contribution < -0.4 is 5.32 Å². The van der Waals surface area contributed by atoms with Crippen molar-refractivity contribution >= 4 is 0 Å². The molecule has 0 aromatic carbocycles. The summed E-state index contributed by atoms with van der Waals surface area (Å²) < 4.78 is 2.09. The molecule has 4 nitrogen and oxygen atoms in total. The van der Waals surface area contributed by atoms with Crippen LogP contribution in [-0.2, 0) is 13.6 Å². The number of likely N-dealkylation sites (N-methyl/N-ethyl adjacent to an activating group) is 1. The molecule has 0 bridgehead atoms. The third kappa shape index (κ3) is 4.78. The van der Waals surface area contributed by atoms with E-state index in [9.17, 15) is 0 Å². The van der Waals surface area contributed by atoms with Crippen molar-refractivity contribution in [3.05, 3.63) is 18.2 Å². The number of imidazole rings is 1. The van der Waals surface area contributed by atoms with Gasteiger partial charge in [0.1, 0.15) is 5.82 Å². The lowest BCUT2D eigenvalue weighted by Gasteiger charge is -2.27. The van der Waals surface area contributed by atoms with Crippen molar-refractivity contribution in [1.29, 1.82) is 0 Å². The van der Waals surface area contributed by atoms with Crippen LogP contribution in [0.5, 0.6) is 0 Å². The van der Waals surface area contributed by atoms with Gasteiger partial charge in [-0.2, -0.15) is 0 Å². The van der Waals surface area contributed by atoms with E-state index in [2.05, 4.69) is 47.6 Å². The van der Waals surface area contributed by atoms with Crippen molar-refractivity contribution in [1.82, 2.24) is 19.8 Å². The molecular formula is C14H28N4. The van der Waals surface area contributed by atoms with Gasteiger partial charge in [0.25, 0.3) is 0 Å². The summed E-state index contributed by atoms with van der Waals surface area (Å²) in [5, 5.41) is 3.54. The minimum atomic E-state index is 0.570. The fraction of sp³-hybridized carbons (Fsp3) is 0.786. The highest BCUT2D eigenvalue weighted by Gasteiger charge is 2.14. The molecule has 1 aromatic heterocycles. The Kier molecular flexibility index (Phi) is 6.36. The number of rotatable bonds is 8. The first-order chi connectivity index (χ1) is 8.54. The second-order valence-electron chi connectivity index (χ2n) is 5.48. The Morgan fingerprint density at radius 1 is 1.39 bits per heavy atom. The van der Waals surface area contributed by atoms with Crippen molar-refractivity contribution in [2.45, 2.75) is 39.8 Å². The smallest absolute Gasteiger partial charge is 0.122 e. The summed E-state index contributed by atoms with van der Waals surface area (Å²) in [5.74, 6) is 1.84. The first-order valence-electron chi connectivity index (χ1n) is 6.91. The molecule has 0 radical (unpaired) electrons. The molecule has 1 N–H and O–H groups in total. The first-order valence-corrected chi connectivity index (χ1v) is 6.91. The maximum absolute atomic E-state index is 4.38. The van der Waals surface area contributed by atoms with Gasteiger partial charge in [-0.3, -0.25) is 4.90 Å². The molecule has 0 amide bonds. The van der Waals surface area contributed by atoms with Crippen molar-refractivity contribution in [2.24, 2.45) is 13.0 Å². The fourth-order valence-corrected chi connectivity index (χ4v) is 2.05. The lowest BCUT2D eigenvalue weighted by molar-refractivity contribution is 0.213. The van der Waals surface area contributed by atoms with E-state index in [4.69, 9.17) is 0 Å². The number of hydrogen-bond donors (Lipinski definition) is 1. The molecule has 0 saturated carbocycles. The van der Waals surface area contributed by atoms with Gasteiger partial charge in [-0.1, -0.05) is 20.8 Å². The summed E-state index contributed by atoms with van der Waals surface area (Å²) in [6.45, 7) is 9.78. The minimum Gasteiger partial charge on any atom is -0.337 e. The van der Waals surface area contributed by atoms with Crippen molar-refractivity contribution < 1.29 is 0 Å². The highest BCUT2D eigenvalue weighted by atomic mass is 15.2. The Balaban J connectivity index is 2.42. The Bertz CT molecular complexity index is 332. The van der Waals surface area contributed by atoms with E-state index < -0.39 is 0 Å². The summed E-state index contributed by atoms with van der Waals surface area (Å²) in [6, 6.07) is 0.570. The van der Waals surface area contributed by atoms with E-state index in [0.717, 1.165) is 31.9 Å². The predicted octanol–water partition coefficient (Wildman–Crippen LogP) is 1.88. The summed E-state index contributed by atoms with van der Waals surface area (Å²) in [4.78, 5) is 6.77. The number of aromatic nitrogens is 2. The maximum atomic E-state index is 4.38. The second-order valence-corrected chi connectivity index (χ2v) is 5.48. The molecule has 1 atom stereocenters. The van der Waals surface area contributed by atoms with Gasteiger partial charge in [-0.05, 0) is 25.9 Å². The average molecular weight is 252 g/mol. The van der Waals surface area contributed by atoms with Gasteiger partial charge in [0.15, 0.2) is 0 Å². The maximum Gasteiger partial charge on any atom is 0.122 e. The molecule has 0 fully saturated rings. The van der Waals surface area contributed by atoms with Crippen LogP contribution in [0.25, 0.3) is 0 Å². The number of hydrogen-bond acceptors (Lipinski definition) is 3. The Hall–Kier alpha value is -0.870. The SMILES string of the molecule is CCC(CNCC(C)C)N(C)Cc1nccn1C. The van der Waals surface area contributed by atoms with Gasteiger partial charge < -0.3 is 9.88 Å². The molecule has 4 heteroatoms. The Morgan fingerprint density at radius 2 is 2.11 bits per heavy atom. The van der Waals surface area contributed by atoms with E-state index in [0.29, 0.717) is 12.0 Å². The van der Waals surface area contributed by atoms with Crippen LogP contribution in [0.4, 0.5) is 0 Å². The normalized spacial score (nSPS) is 13.5. The summed E-state index contributed by atoms with van der Waals surface area (Å²) in [7, 11) is 4.23. The van der Waals surface area contributed by atoms with E-state index >= 15 is 0 Å². The number of aryl methyl sites for hydroxylation is 1. The van der Waals surface area contributed by atoms with Crippen LogP contribution in [-0.4, -0.2) is 40.6 Å². The molecule has 0 spiro atoms. The molecule has 1 rings (SSSR count). The summed E-state index contributed by atoms with van der Waals surface area (Å²) >= 11 is 0. The molecule has 0 aliphatic rings. The molecule has 1 unspecified atom stereocenters. The number of nitrogens with zero attached hydrogens (tertiary/aromatic N) is 3.